The Balaban J connectivity index is 1.51. The highest BCUT2D eigenvalue weighted by atomic mass is 16.6. The van der Waals surface area contributed by atoms with Crippen molar-refractivity contribution in [3.05, 3.63) is 84.4 Å². The van der Waals surface area contributed by atoms with Gasteiger partial charge in [0.05, 0.1) is 19.0 Å². The lowest BCUT2D eigenvalue weighted by atomic mass is 9.96. The summed E-state index contributed by atoms with van der Waals surface area (Å²) in [5, 5.41) is 44.5. The Labute approximate surface area is 195 Å². The molecule has 0 aliphatic carbocycles. The molecule has 5 rings (SSSR count). The van der Waals surface area contributed by atoms with E-state index in [0.29, 0.717) is 17.0 Å². The lowest BCUT2D eigenvalue weighted by Gasteiger charge is -2.25. The number of aromatic nitrogens is 4. The van der Waals surface area contributed by atoms with E-state index in [1.807, 2.05) is 60.7 Å². The Kier molecular flexibility index (Phi) is 6.22. The van der Waals surface area contributed by atoms with Gasteiger partial charge in [-0.05, 0) is 11.1 Å². The molecule has 2 aromatic heterocycles. The Bertz CT molecular complexity index is 1240. The first-order valence-electron chi connectivity index (χ1n) is 10.9. The van der Waals surface area contributed by atoms with Crippen molar-refractivity contribution in [2.24, 2.45) is 0 Å². The van der Waals surface area contributed by atoms with Crippen molar-refractivity contribution in [3.63, 3.8) is 0 Å². The zero-order valence-corrected chi connectivity index (χ0v) is 18.1. The number of nitrogens with one attached hydrogen (secondary N) is 1. The third kappa shape index (κ3) is 4.02. The van der Waals surface area contributed by atoms with E-state index in [4.69, 9.17) is 4.74 Å². The average molecular weight is 463 g/mol. The van der Waals surface area contributed by atoms with Crippen LogP contribution in [0.5, 0.6) is 0 Å². The van der Waals surface area contributed by atoms with Gasteiger partial charge in [-0.25, -0.2) is 15.0 Å². The van der Waals surface area contributed by atoms with E-state index in [1.54, 1.807) is 0 Å². The van der Waals surface area contributed by atoms with E-state index in [2.05, 4.69) is 20.3 Å². The van der Waals surface area contributed by atoms with Crippen molar-refractivity contribution < 1.29 is 25.2 Å². The molecule has 10 heteroatoms. The maximum Gasteiger partial charge on any atom is 0.167 e. The van der Waals surface area contributed by atoms with Gasteiger partial charge >= 0.3 is 0 Å². The number of fused-ring (bicyclic) bond motifs is 1. The molecule has 34 heavy (non-hydrogen) atoms. The molecule has 6 atom stereocenters. The molecular formula is C24H25N5O5. The number of rotatable bonds is 7. The van der Waals surface area contributed by atoms with Gasteiger partial charge in [0.1, 0.15) is 30.7 Å². The molecule has 4 aromatic rings. The minimum Gasteiger partial charge on any atom is -0.394 e. The molecule has 2 aromatic carbocycles. The molecule has 0 radical (unpaired) electrons. The van der Waals surface area contributed by atoms with Crippen molar-refractivity contribution in [3.8, 4) is 0 Å². The lowest BCUT2D eigenvalue weighted by molar-refractivity contribution is -0.0511. The van der Waals surface area contributed by atoms with Gasteiger partial charge in [0, 0.05) is 0 Å². The summed E-state index contributed by atoms with van der Waals surface area (Å²) >= 11 is 0. The van der Waals surface area contributed by atoms with Crippen LogP contribution >= 0.6 is 0 Å². The lowest BCUT2D eigenvalue weighted by Crippen LogP contribution is -2.33. The summed E-state index contributed by atoms with van der Waals surface area (Å²) in [6.07, 6.45) is -2.48. The standard InChI is InChI=1S/C24H25N5O5/c30-11-16-20(32)21(33)24(34-16)29-13-27-18-22(25-12-26-23(18)29)28-17(14-7-3-1-4-8-14)19(31)15-9-5-2-6-10-15/h1-10,12-13,16-17,19-21,24,30-33H,11H2,(H,25,26,28)/t16-,17-,19+,20+,21+,24-/m1/s1. The Hall–Kier alpha value is -3.41. The van der Waals surface area contributed by atoms with Gasteiger partial charge in [-0.1, -0.05) is 60.7 Å². The SMILES string of the molecule is OC[C@H]1O[C@@H](n2cnc3c(N[C@H](c4ccccc4)[C@@H](O)c4ccccc4)ncnc32)[C@@H](O)[C@H]1O. The molecule has 10 nitrogen and oxygen atoms in total. The molecule has 0 bridgehead atoms. The number of nitrogens with zero attached hydrogens (tertiary/aromatic N) is 4. The molecule has 0 saturated carbocycles. The zero-order chi connectivity index (χ0) is 23.7. The second-order valence-corrected chi connectivity index (χ2v) is 8.16. The topological polar surface area (TPSA) is 146 Å². The minimum atomic E-state index is -1.27. The molecular weight excluding hydrogens is 438 g/mol. The van der Waals surface area contributed by atoms with Crippen LogP contribution in [0.4, 0.5) is 5.82 Å². The molecule has 0 spiro atoms. The van der Waals surface area contributed by atoms with Crippen LogP contribution in [0.2, 0.25) is 0 Å². The van der Waals surface area contributed by atoms with Crippen LogP contribution in [0.15, 0.2) is 73.3 Å². The first kappa shape index (κ1) is 22.4. The quantitative estimate of drug-likeness (QED) is 0.274. The highest BCUT2D eigenvalue weighted by Crippen LogP contribution is 2.35. The smallest absolute Gasteiger partial charge is 0.167 e. The van der Waals surface area contributed by atoms with E-state index in [1.165, 1.54) is 17.2 Å². The predicted octanol–water partition coefficient (Wildman–Crippen LogP) is 1.32. The molecule has 176 valence electrons. The summed E-state index contributed by atoms with van der Waals surface area (Å²) in [6.45, 7) is -0.431. The normalized spacial score (nSPS) is 24.2. The largest absolute Gasteiger partial charge is 0.394 e. The van der Waals surface area contributed by atoms with E-state index in [0.717, 1.165) is 11.1 Å². The van der Waals surface area contributed by atoms with E-state index < -0.39 is 43.3 Å². The van der Waals surface area contributed by atoms with Crippen LogP contribution in [0.3, 0.4) is 0 Å². The Morgan fingerprint density at radius 1 is 0.912 bits per heavy atom. The van der Waals surface area contributed by atoms with Crippen molar-refractivity contribution >= 4 is 17.0 Å². The zero-order valence-electron chi connectivity index (χ0n) is 18.1. The number of ether oxygens (including phenoxy) is 1. The summed E-state index contributed by atoms with van der Waals surface area (Å²) in [7, 11) is 0. The highest BCUT2D eigenvalue weighted by Gasteiger charge is 2.44. The van der Waals surface area contributed by atoms with Gasteiger partial charge in [-0.15, -0.1) is 0 Å². The van der Waals surface area contributed by atoms with Crippen molar-refractivity contribution in [1.82, 2.24) is 19.5 Å². The third-order valence-electron chi connectivity index (χ3n) is 6.06. The molecule has 0 amide bonds. The predicted molar refractivity (Wildman–Crippen MR) is 123 cm³/mol. The van der Waals surface area contributed by atoms with E-state index >= 15 is 0 Å². The molecule has 1 aliphatic heterocycles. The van der Waals surface area contributed by atoms with Gasteiger partial charge in [0.15, 0.2) is 23.2 Å². The second-order valence-electron chi connectivity index (χ2n) is 8.16. The number of imidazole rings is 1. The number of hydrogen-bond donors (Lipinski definition) is 5. The number of aliphatic hydroxyl groups is 4. The van der Waals surface area contributed by atoms with E-state index in [9.17, 15) is 20.4 Å². The molecule has 3 heterocycles. The van der Waals surface area contributed by atoms with E-state index in [-0.39, 0.29) is 0 Å². The fourth-order valence-corrected chi connectivity index (χ4v) is 4.25. The number of hydrogen-bond acceptors (Lipinski definition) is 9. The fourth-order valence-electron chi connectivity index (χ4n) is 4.25. The summed E-state index contributed by atoms with van der Waals surface area (Å²) in [6, 6.07) is 18.3. The maximum atomic E-state index is 11.2. The van der Waals surface area contributed by atoms with Gasteiger partial charge in [-0.3, -0.25) is 4.57 Å². The molecule has 1 saturated heterocycles. The summed E-state index contributed by atoms with van der Waals surface area (Å²) < 4.78 is 7.12. The molecule has 0 unspecified atom stereocenters. The van der Waals surface area contributed by atoms with Gasteiger partial charge < -0.3 is 30.5 Å². The Morgan fingerprint density at radius 2 is 1.59 bits per heavy atom. The van der Waals surface area contributed by atoms with Crippen molar-refractivity contribution in [2.45, 2.75) is 36.7 Å². The molecule has 1 aliphatic rings. The van der Waals surface area contributed by atoms with Crippen LogP contribution in [-0.4, -0.2) is 64.9 Å². The van der Waals surface area contributed by atoms with Crippen LogP contribution in [0.1, 0.15) is 29.5 Å². The average Bonchev–Trinajstić information content (AvgIpc) is 3.44. The van der Waals surface area contributed by atoms with Crippen LogP contribution in [0, 0.1) is 0 Å². The van der Waals surface area contributed by atoms with Crippen molar-refractivity contribution in [1.29, 1.82) is 0 Å². The maximum absolute atomic E-state index is 11.2. The minimum absolute atomic E-state index is 0.369. The first-order chi connectivity index (χ1) is 16.6. The van der Waals surface area contributed by atoms with Gasteiger partial charge in [-0.2, -0.15) is 0 Å². The summed E-state index contributed by atoms with van der Waals surface area (Å²) in [5.74, 6) is 0.388. The van der Waals surface area contributed by atoms with Gasteiger partial charge in [0.2, 0.25) is 0 Å². The number of aliphatic hydroxyl groups excluding tert-OH is 4. The molecule has 1 fully saturated rings. The van der Waals surface area contributed by atoms with Crippen LogP contribution in [-0.2, 0) is 4.74 Å². The Morgan fingerprint density at radius 3 is 2.24 bits per heavy atom. The summed E-state index contributed by atoms with van der Waals surface area (Å²) in [5.41, 5.74) is 2.37. The van der Waals surface area contributed by atoms with Crippen LogP contribution in [0.25, 0.3) is 11.2 Å². The van der Waals surface area contributed by atoms with Gasteiger partial charge in [0.25, 0.3) is 0 Å². The highest BCUT2D eigenvalue weighted by molar-refractivity contribution is 5.83. The van der Waals surface area contributed by atoms with Crippen LogP contribution < -0.4 is 5.32 Å². The first-order valence-corrected chi connectivity index (χ1v) is 10.9. The monoisotopic (exact) mass is 463 g/mol. The summed E-state index contributed by atoms with van der Waals surface area (Å²) in [4.78, 5) is 13.1. The number of benzene rings is 2. The van der Waals surface area contributed by atoms with Crippen molar-refractivity contribution in [2.75, 3.05) is 11.9 Å². The third-order valence-corrected chi connectivity index (χ3v) is 6.06. The number of anilines is 1. The fraction of sp³-hybridized carbons (Fsp3) is 0.292. The molecule has 5 N–H and O–H groups in total. The second kappa shape index (κ2) is 9.45.